The predicted molar refractivity (Wildman–Crippen MR) is 137 cm³/mol. The molecule has 0 bridgehead atoms. The van der Waals surface area contributed by atoms with Crippen molar-refractivity contribution in [2.24, 2.45) is 5.10 Å². The second-order valence-corrected chi connectivity index (χ2v) is 9.99. The third-order valence-corrected chi connectivity index (χ3v) is 6.86. The van der Waals surface area contributed by atoms with Gasteiger partial charge in [-0.25, -0.2) is 9.99 Å². The number of hydrogen-bond acceptors (Lipinski definition) is 7. The molecule has 15 heteroatoms. The van der Waals surface area contributed by atoms with Crippen LogP contribution >= 0.6 is 0 Å². The van der Waals surface area contributed by atoms with Gasteiger partial charge < -0.3 is 14.8 Å². The number of hydrazone groups is 1. The van der Waals surface area contributed by atoms with Crippen LogP contribution in [-0.4, -0.2) is 45.4 Å². The Kier molecular flexibility index (Phi) is 7.52. The number of aromatic nitrogens is 2. The van der Waals surface area contributed by atoms with Crippen LogP contribution < -0.4 is 10.1 Å². The van der Waals surface area contributed by atoms with Crippen LogP contribution in [0.2, 0.25) is 0 Å². The average molecular weight is 608 g/mol. The minimum absolute atomic E-state index is 0.0360. The normalized spacial score (nSPS) is 16.8. The van der Waals surface area contributed by atoms with E-state index in [0.29, 0.717) is 30.7 Å². The summed E-state index contributed by atoms with van der Waals surface area (Å²) in [4.78, 5) is 34.5. The first-order valence-electron chi connectivity index (χ1n) is 12.8. The molecule has 2 amide bonds. The van der Waals surface area contributed by atoms with Crippen LogP contribution in [0.25, 0.3) is 0 Å². The lowest BCUT2D eigenvalue weighted by molar-refractivity contribution is -0.145. The van der Waals surface area contributed by atoms with E-state index < -0.39 is 46.6 Å². The first-order valence-corrected chi connectivity index (χ1v) is 12.8. The number of alkyl halides is 6. The second-order valence-electron chi connectivity index (χ2n) is 9.99. The van der Waals surface area contributed by atoms with E-state index in [2.05, 4.69) is 20.4 Å². The molecule has 5 rings (SSSR count). The Bertz CT molecular complexity index is 1550. The molecule has 2 aromatic carbocycles. The molecule has 3 aromatic rings. The fourth-order valence-electron chi connectivity index (χ4n) is 4.44. The molecule has 0 saturated heterocycles. The highest BCUT2D eigenvalue weighted by atomic mass is 19.4. The highest BCUT2D eigenvalue weighted by Gasteiger charge is 2.58. The van der Waals surface area contributed by atoms with Crippen molar-refractivity contribution in [3.8, 4) is 5.75 Å². The van der Waals surface area contributed by atoms with E-state index in [1.165, 1.54) is 31.4 Å². The van der Waals surface area contributed by atoms with Gasteiger partial charge in [0.05, 0.1) is 36.5 Å². The van der Waals surface area contributed by atoms with E-state index in [4.69, 9.17) is 9.47 Å². The number of rotatable bonds is 7. The number of carbonyl (C=O) groups excluding carboxylic acids is 2. The second kappa shape index (κ2) is 10.9. The van der Waals surface area contributed by atoms with E-state index in [1.807, 2.05) is 0 Å². The van der Waals surface area contributed by atoms with Gasteiger partial charge in [-0.2, -0.15) is 26.3 Å². The molecule has 226 valence electrons. The quantitative estimate of drug-likeness (QED) is 0.367. The van der Waals surface area contributed by atoms with Crippen LogP contribution in [0.15, 0.2) is 60.0 Å². The summed E-state index contributed by atoms with van der Waals surface area (Å²) in [5.74, 6) is -1.01. The van der Waals surface area contributed by atoms with Crippen molar-refractivity contribution >= 4 is 17.7 Å². The SMILES string of the molecule is COc1ccc(CN2N=C(c3nccnc3C(C)NC(=O)c3cc(C(F)(F)F)cc(C(F)(F)F)c3)OC3(CC3)C2=O)cc1. The summed E-state index contributed by atoms with van der Waals surface area (Å²) in [7, 11) is 1.52. The summed E-state index contributed by atoms with van der Waals surface area (Å²) in [6, 6.07) is 6.52. The van der Waals surface area contributed by atoms with Crippen molar-refractivity contribution in [2.75, 3.05) is 7.11 Å². The third kappa shape index (κ3) is 6.24. The first-order chi connectivity index (χ1) is 20.2. The Morgan fingerprint density at radius 1 is 1.02 bits per heavy atom. The molecule has 1 atom stereocenters. The lowest BCUT2D eigenvalue weighted by Crippen LogP contribution is -2.46. The van der Waals surface area contributed by atoms with Crippen LogP contribution in [0.1, 0.15) is 64.2 Å². The molecule has 1 aromatic heterocycles. The molecule has 1 fully saturated rings. The highest BCUT2D eigenvalue weighted by Crippen LogP contribution is 2.45. The molecule has 2 heterocycles. The van der Waals surface area contributed by atoms with Gasteiger partial charge in [-0.1, -0.05) is 12.1 Å². The lowest BCUT2D eigenvalue weighted by atomic mass is 10.0. The molecule has 1 unspecified atom stereocenters. The zero-order valence-corrected chi connectivity index (χ0v) is 22.6. The summed E-state index contributed by atoms with van der Waals surface area (Å²) in [6.45, 7) is 1.51. The maximum absolute atomic E-state index is 13.3. The van der Waals surface area contributed by atoms with Crippen LogP contribution in [0.3, 0.4) is 0 Å². The summed E-state index contributed by atoms with van der Waals surface area (Å²) >= 11 is 0. The molecular formula is C28H23F6N5O4. The number of ether oxygens (including phenoxy) is 2. The lowest BCUT2D eigenvalue weighted by Gasteiger charge is -2.30. The Labute approximate surface area is 240 Å². The van der Waals surface area contributed by atoms with Crippen LogP contribution in [0, 0.1) is 0 Å². The smallest absolute Gasteiger partial charge is 0.416 e. The number of benzene rings is 2. The molecule has 0 radical (unpaired) electrons. The van der Waals surface area contributed by atoms with Crippen LogP contribution in [0.4, 0.5) is 26.3 Å². The average Bonchev–Trinajstić information content (AvgIpc) is 3.74. The monoisotopic (exact) mass is 607 g/mol. The number of carbonyl (C=O) groups is 2. The Hall–Kier alpha value is -4.69. The van der Waals surface area contributed by atoms with Gasteiger partial charge in [0.1, 0.15) is 5.75 Å². The topological polar surface area (TPSA) is 106 Å². The van der Waals surface area contributed by atoms with Crippen LogP contribution in [-0.2, 0) is 28.4 Å². The number of methoxy groups -OCH3 is 1. The first kappa shape index (κ1) is 29.8. The summed E-state index contributed by atoms with van der Waals surface area (Å²) in [5.41, 5.74) is -4.41. The van der Waals surface area contributed by atoms with E-state index in [0.717, 1.165) is 5.56 Å². The summed E-state index contributed by atoms with van der Waals surface area (Å²) < 4.78 is 90.9. The number of amides is 2. The molecule has 1 spiro atoms. The van der Waals surface area contributed by atoms with E-state index in [9.17, 15) is 35.9 Å². The Morgan fingerprint density at radius 2 is 1.63 bits per heavy atom. The van der Waals surface area contributed by atoms with Crippen LogP contribution in [0.5, 0.6) is 5.75 Å². The summed E-state index contributed by atoms with van der Waals surface area (Å²) in [5, 5.41) is 7.96. The Morgan fingerprint density at radius 3 is 2.19 bits per heavy atom. The molecule has 1 aliphatic carbocycles. The number of hydrogen-bond donors (Lipinski definition) is 1. The zero-order valence-electron chi connectivity index (χ0n) is 22.6. The van der Waals surface area contributed by atoms with Gasteiger partial charge in [-0.3, -0.25) is 14.6 Å². The molecular weight excluding hydrogens is 584 g/mol. The minimum atomic E-state index is -5.12. The van der Waals surface area contributed by atoms with Crippen molar-refractivity contribution in [1.82, 2.24) is 20.3 Å². The van der Waals surface area contributed by atoms with E-state index >= 15 is 0 Å². The largest absolute Gasteiger partial charge is 0.497 e. The molecule has 43 heavy (non-hydrogen) atoms. The van der Waals surface area contributed by atoms with Gasteiger partial charge in [-0.05, 0) is 42.8 Å². The predicted octanol–water partition coefficient (Wildman–Crippen LogP) is 5.27. The molecule has 1 N–H and O–H groups in total. The van der Waals surface area contributed by atoms with Gasteiger partial charge in [0, 0.05) is 30.8 Å². The number of nitrogens with one attached hydrogen (secondary N) is 1. The standard InChI is InChI=1S/C28H23F6N5O4/c1-15(37-23(40)17-11-18(27(29,30)31)13-19(12-17)28(32,33)34)21-22(36-10-9-35-21)24-38-39(25(41)26(43-24)7-8-26)14-16-3-5-20(42-2)6-4-16/h3-6,9-13,15H,7-8,14H2,1-2H3,(H,37,40). The maximum Gasteiger partial charge on any atom is 0.416 e. The zero-order chi connectivity index (χ0) is 31.2. The Balaban J connectivity index is 1.43. The molecule has 1 saturated carbocycles. The highest BCUT2D eigenvalue weighted by molar-refractivity contribution is 6.01. The van der Waals surface area contributed by atoms with Gasteiger partial charge in [0.15, 0.2) is 11.3 Å². The van der Waals surface area contributed by atoms with Crippen molar-refractivity contribution in [2.45, 2.75) is 50.3 Å². The maximum atomic E-state index is 13.3. The molecule has 2 aliphatic rings. The summed E-state index contributed by atoms with van der Waals surface area (Å²) in [6.07, 6.45) is -6.81. The van der Waals surface area contributed by atoms with Crippen molar-refractivity contribution in [3.05, 3.63) is 88.5 Å². The molecule has 1 aliphatic heterocycles. The molecule has 9 nitrogen and oxygen atoms in total. The van der Waals surface area contributed by atoms with Gasteiger partial charge in [0.25, 0.3) is 17.7 Å². The van der Waals surface area contributed by atoms with Gasteiger partial charge >= 0.3 is 12.4 Å². The van der Waals surface area contributed by atoms with Gasteiger partial charge in [0.2, 0.25) is 0 Å². The van der Waals surface area contributed by atoms with Crippen molar-refractivity contribution in [1.29, 1.82) is 0 Å². The van der Waals surface area contributed by atoms with Crippen molar-refractivity contribution in [3.63, 3.8) is 0 Å². The number of halogens is 6. The van der Waals surface area contributed by atoms with E-state index in [1.54, 1.807) is 24.3 Å². The van der Waals surface area contributed by atoms with E-state index in [-0.39, 0.29) is 35.8 Å². The minimum Gasteiger partial charge on any atom is -0.497 e. The fourth-order valence-corrected chi connectivity index (χ4v) is 4.44. The van der Waals surface area contributed by atoms with Gasteiger partial charge in [-0.15, -0.1) is 5.10 Å². The fraction of sp³-hybridized carbons (Fsp3) is 0.321. The van der Waals surface area contributed by atoms with Crippen molar-refractivity contribution < 1.29 is 45.4 Å². The third-order valence-electron chi connectivity index (χ3n) is 6.86. The number of nitrogens with zero attached hydrogens (tertiary/aromatic N) is 4.